The maximum atomic E-state index is 13.2. The molecular formula is C17H16F2N6O. The summed E-state index contributed by atoms with van der Waals surface area (Å²) in [5.74, 6) is -0.512. The van der Waals surface area contributed by atoms with Crippen molar-refractivity contribution in [2.24, 2.45) is 5.73 Å². The van der Waals surface area contributed by atoms with Crippen molar-refractivity contribution in [3.05, 3.63) is 48.0 Å². The third-order valence-electron chi connectivity index (χ3n) is 4.52. The summed E-state index contributed by atoms with van der Waals surface area (Å²) in [4.78, 5) is 21.2. The van der Waals surface area contributed by atoms with Crippen LogP contribution in [0.3, 0.4) is 0 Å². The van der Waals surface area contributed by atoms with E-state index in [2.05, 4.69) is 15.1 Å². The van der Waals surface area contributed by atoms with Gasteiger partial charge in [0.05, 0.1) is 23.3 Å². The summed E-state index contributed by atoms with van der Waals surface area (Å²) in [7, 11) is 0. The molecule has 134 valence electrons. The Kier molecular flexibility index (Phi) is 3.98. The summed E-state index contributed by atoms with van der Waals surface area (Å²) in [6.07, 6.45) is 1.06. The molecular weight excluding hydrogens is 342 g/mol. The minimum atomic E-state index is -2.74. The summed E-state index contributed by atoms with van der Waals surface area (Å²) in [6.45, 7) is 1.18. The molecule has 1 fully saturated rings. The normalized spacial score (nSPS) is 17.3. The Morgan fingerprint density at radius 1 is 1.27 bits per heavy atom. The van der Waals surface area contributed by atoms with Crippen molar-refractivity contribution in [3.8, 4) is 0 Å². The number of carbonyl (C=O) groups is 1. The number of carbonyl (C=O) groups excluding carboxylic acids is 1. The molecule has 1 aromatic carbocycles. The number of benzene rings is 1. The molecule has 4 rings (SSSR count). The standard InChI is InChI=1S/C17H16F2N6O/c18-14(19)16-22-13-4-2-1-3-12(13)17(23-16)24-6-5-11(9-24)25-8-10(7-21-25)15(20)26/h1-4,7-8,11,14H,5-6,9H2,(H2,20,26). The molecule has 1 aliphatic heterocycles. The second-order valence-electron chi connectivity index (χ2n) is 6.19. The third kappa shape index (κ3) is 2.85. The van der Waals surface area contributed by atoms with Gasteiger partial charge in [0.1, 0.15) is 5.82 Å². The van der Waals surface area contributed by atoms with Gasteiger partial charge >= 0.3 is 0 Å². The number of aromatic nitrogens is 4. The monoisotopic (exact) mass is 358 g/mol. The number of anilines is 1. The Morgan fingerprint density at radius 2 is 2.08 bits per heavy atom. The maximum absolute atomic E-state index is 13.2. The van der Waals surface area contributed by atoms with Crippen LogP contribution < -0.4 is 10.6 Å². The van der Waals surface area contributed by atoms with Crippen LogP contribution in [-0.2, 0) is 0 Å². The van der Waals surface area contributed by atoms with E-state index in [4.69, 9.17) is 5.73 Å². The van der Waals surface area contributed by atoms with Gasteiger partial charge in [-0.3, -0.25) is 9.48 Å². The van der Waals surface area contributed by atoms with Crippen LogP contribution in [0.5, 0.6) is 0 Å². The van der Waals surface area contributed by atoms with Crippen molar-refractivity contribution in [2.45, 2.75) is 18.9 Å². The first-order valence-corrected chi connectivity index (χ1v) is 8.16. The van der Waals surface area contributed by atoms with Crippen molar-refractivity contribution in [3.63, 3.8) is 0 Å². The summed E-state index contributed by atoms with van der Waals surface area (Å²) < 4.78 is 28.1. The molecule has 1 aliphatic rings. The van der Waals surface area contributed by atoms with Gasteiger partial charge in [-0.2, -0.15) is 5.10 Å². The summed E-state index contributed by atoms with van der Waals surface area (Å²) in [6, 6.07) is 7.12. The molecule has 1 amide bonds. The predicted molar refractivity (Wildman–Crippen MR) is 91.1 cm³/mol. The van der Waals surface area contributed by atoms with Crippen LogP contribution in [0.2, 0.25) is 0 Å². The van der Waals surface area contributed by atoms with Gasteiger partial charge in [0.15, 0.2) is 5.82 Å². The van der Waals surface area contributed by atoms with Crippen LogP contribution in [0, 0.1) is 0 Å². The fraction of sp³-hybridized carbons (Fsp3) is 0.294. The van der Waals surface area contributed by atoms with Crippen LogP contribution in [0.15, 0.2) is 36.7 Å². The number of para-hydroxylation sites is 1. The van der Waals surface area contributed by atoms with Crippen LogP contribution in [0.4, 0.5) is 14.6 Å². The lowest BCUT2D eigenvalue weighted by Gasteiger charge is -2.20. The number of fused-ring (bicyclic) bond motifs is 1. The topological polar surface area (TPSA) is 89.9 Å². The fourth-order valence-electron chi connectivity index (χ4n) is 3.23. The van der Waals surface area contributed by atoms with E-state index in [9.17, 15) is 13.6 Å². The van der Waals surface area contributed by atoms with Crippen LogP contribution in [0.25, 0.3) is 10.9 Å². The quantitative estimate of drug-likeness (QED) is 0.773. The molecule has 0 spiro atoms. The highest BCUT2D eigenvalue weighted by Crippen LogP contribution is 2.32. The zero-order valence-corrected chi connectivity index (χ0v) is 13.7. The first-order valence-electron chi connectivity index (χ1n) is 8.16. The summed E-state index contributed by atoms with van der Waals surface area (Å²) >= 11 is 0. The molecule has 26 heavy (non-hydrogen) atoms. The minimum Gasteiger partial charge on any atom is -0.366 e. The second-order valence-corrected chi connectivity index (χ2v) is 6.19. The zero-order chi connectivity index (χ0) is 18.3. The number of nitrogens with two attached hydrogens (primary N) is 1. The molecule has 0 radical (unpaired) electrons. The van der Waals surface area contributed by atoms with Gasteiger partial charge in [0.2, 0.25) is 0 Å². The van der Waals surface area contributed by atoms with E-state index in [-0.39, 0.29) is 6.04 Å². The fourth-order valence-corrected chi connectivity index (χ4v) is 3.23. The van der Waals surface area contributed by atoms with E-state index >= 15 is 0 Å². The number of hydrogen-bond donors (Lipinski definition) is 1. The molecule has 0 aliphatic carbocycles. The number of nitrogens with zero attached hydrogens (tertiary/aromatic N) is 5. The van der Waals surface area contributed by atoms with Crippen molar-refractivity contribution in [1.82, 2.24) is 19.7 Å². The number of hydrogen-bond acceptors (Lipinski definition) is 5. The number of halogens is 2. The van der Waals surface area contributed by atoms with Crippen molar-refractivity contribution in [2.75, 3.05) is 18.0 Å². The van der Waals surface area contributed by atoms with Gasteiger partial charge in [-0.15, -0.1) is 0 Å². The summed E-state index contributed by atoms with van der Waals surface area (Å²) in [5, 5.41) is 4.92. The Labute approximate surface area is 147 Å². The van der Waals surface area contributed by atoms with Crippen LogP contribution in [-0.4, -0.2) is 38.7 Å². The van der Waals surface area contributed by atoms with Gasteiger partial charge in [-0.1, -0.05) is 12.1 Å². The molecule has 2 aromatic heterocycles. The van der Waals surface area contributed by atoms with E-state index in [0.717, 1.165) is 11.8 Å². The number of rotatable bonds is 4. The SMILES string of the molecule is NC(=O)c1cnn(C2CCN(c3nc(C(F)F)nc4ccccc34)C2)c1. The van der Waals surface area contributed by atoms with Crippen LogP contribution in [0.1, 0.15) is 35.1 Å². The highest BCUT2D eigenvalue weighted by molar-refractivity contribution is 5.92. The zero-order valence-electron chi connectivity index (χ0n) is 13.7. The van der Waals surface area contributed by atoms with Gasteiger partial charge < -0.3 is 10.6 Å². The Balaban J connectivity index is 1.66. The highest BCUT2D eigenvalue weighted by atomic mass is 19.3. The van der Waals surface area contributed by atoms with E-state index in [1.54, 1.807) is 23.0 Å². The molecule has 3 aromatic rings. The lowest BCUT2D eigenvalue weighted by molar-refractivity contribution is 0.1000. The molecule has 1 saturated heterocycles. The molecule has 7 nitrogen and oxygen atoms in total. The Bertz CT molecular complexity index is 973. The highest BCUT2D eigenvalue weighted by Gasteiger charge is 2.28. The first kappa shape index (κ1) is 16.4. The molecule has 2 N–H and O–H groups in total. The van der Waals surface area contributed by atoms with Crippen molar-refractivity contribution >= 4 is 22.6 Å². The summed E-state index contributed by atoms with van der Waals surface area (Å²) in [5.41, 5.74) is 6.10. The molecule has 1 atom stereocenters. The second kappa shape index (κ2) is 6.32. The average molecular weight is 358 g/mol. The minimum absolute atomic E-state index is 0.00632. The van der Waals surface area contributed by atoms with Gasteiger partial charge in [-0.25, -0.2) is 18.7 Å². The number of alkyl halides is 2. The van der Waals surface area contributed by atoms with Gasteiger partial charge in [0.25, 0.3) is 12.3 Å². The Hall–Kier alpha value is -3.10. The van der Waals surface area contributed by atoms with Crippen LogP contribution >= 0.6 is 0 Å². The molecule has 0 saturated carbocycles. The molecule has 0 bridgehead atoms. The molecule has 1 unspecified atom stereocenters. The van der Waals surface area contributed by atoms with Crippen molar-refractivity contribution < 1.29 is 13.6 Å². The molecule has 3 heterocycles. The largest absolute Gasteiger partial charge is 0.366 e. The van der Waals surface area contributed by atoms with Gasteiger partial charge in [-0.05, 0) is 18.6 Å². The van der Waals surface area contributed by atoms with E-state index in [0.29, 0.717) is 30.0 Å². The Morgan fingerprint density at radius 3 is 2.81 bits per heavy atom. The maximum Gasteiger partial charge on any atom is 0.297 e. The molecule has 9 heteroatoms. The lowest BCUT2D eigenvalue weighted by Crippen LogP contribution is -2.23. The van der Waals surface area contributed by atoms with Crippen molar-refractivity contribution in [1.29, 1.82) is 0 Å². The van der Waals surface area contributed by atoms with E-state index < -0.39 is 18.2 Å². The number of primary amides is 1. The van der Waals surface area contributed by atoms with E-state index in [1.807, 2.05) is 17.0 Å². The first-order chi connectivity index (χ1) is 12.5. The third-order valence-corrected chi connectivity index (χ3v) is 4.52. The average Bonchev–Trinajstić information content (AvgIpc) is 3.30. The number of amides is 1. The lowest BCUT2D eigenvalue weighted by atomic mass is 10.2. The smallest absolute Gasteiger partial charge is 0.297 e. The van der Waals surface area contributed by atoms with Gasteiger partial charge in [0, 0.05) is 24.7 Å². The predicted octanol–water partition coefficient (Wildman–Crippen LogP) is 2.31. The van der Waals surface area contributed by atoms with E-state index in [1.165, 1.54) is 6.20 Å².